The van der Waals surface area contributed by atoms with Crippen LogP contribution in [0, 0.1) is 0 Å². The van der Waals surface area contributed by atoms with Crippen LogP contribution in [0.1, 0.15) is 16.2 Å². The second-order valence-corrected chi connectivity index (χ2v) is 5.20. The predicted octanol–water partition coefficient (Wildman–Crippen LogP) is 0.505. The van der Waals surface area contributed by atoms with Gasteiger partial charge in [-0.1, -0.05) is 6.07 Å². The molecule has 7 nitrogen and oxygen atoms in total. The van der Waals surface area contributed by atoms with Crippen LogP contribution in [0.3, 0.4) is 0 Å². The van der Waals surface area contributed by atoms with Crippen molar-refractivity contribution in [1.29, 1.82) is 0 Å². The Labute approximate surface area is 123 Å². The topological polar surface area (TPSA) is 103 Å². The van der Waals surface area contributed by atoms with Crippen molar-refractivity contribution in [3.63, 3.8) is 0 Å². The van der Waals surface area contributed by atoms with Crippen molar-refractivity contribution in [2.24, 2.45) is 5.84 Å². The van der Waals surface area contributed by atoms with Gasteiger partial charge in [-0.15, -0.1) is 11.3 Å². The van der Waals surface area contributed by atoms with Gasteiger partial charge < -0.3 is 0 Å². The van der Waals surface area contributed by atoms with Crippen molar-refractivity contribution < 1.29 is 4.79 Å². The molecule has 0 fully saturated rings. The van der Waals surface area contributed by atoms with Crippen LogP contribution in [0.4, 0.5) is 0 Å². The molecule has 8 heteroatoms. The molecule has 0 aliphatic heterocycles. The Morgan fingerprint density at radius 1 is 1.38 bits per heavy atom. The number of hydrogen-bond acceptors (Lipinski definition) is 6. The SMILES string of the molecule is NNC(=O)c1cccc(Cn2cnc3sccc3c2=O)n1. The Morgan fingerprint density at radius 2 is 2.24 bits per heavy atom. The maximum absolute atomic E-state index is 12.3. The summed E-state index contributed by atoms with van der Waals surface area (Å²) >= 11 is 1.42. The third-order valence-corrected chi connectivity index (χ3v) is 3.77. The molecule has 0 aromatic carbocycles. The second-order valence-electron chi connectivity index (χ2n) is 4.30. The lowest BCUT2D eigenvalue weighted by atomic mass is 10.3. The van der Waals surface area contributed by atoms with Crippen molar-refractivity contribution in [2.45, 2.75) is 6.54 Å². The zero-order chi connectivity index (χ0) is 14.8. The van der Waals surface area contributed by atoms with Gasteiger partial charge in [-0.2, -0.15) is 0 Å². The van der Waals surface area contributed by atoms with E-state index < -0.39 is 5.91 Å². The van der Waals surface area contributed by atoms with Crippen LogP contribution in [-0.2, 0) is 6.54 Å². The normalized spacial score (nSPS) is 10.7. The molecule has 3 aromatic rings. The smallest absolute Gasteiger partial charge is 0.283 e. The van der Waals surface area contributed by atoms with Crippen LogP contribution in [0.25, 0.3) is 10.2 Å². The number of fused-ring (bicyclic) bond motifs is 1. The third kappa shape index (κ3) is 2.54. The highest BCUT2D eigenvalue weighted by atomic mass is 32.1. The van der Waals surface area contributed by atoms with E-state index >= 15 is 0 Å². The summed E-state index contributed by atoms with van der Waals surface area (Å²) in [5.41, 5.74) is 2.68. The van der Waals surface area contributed by atoms with Gasteiger partial charge in [-0.25, -0.2) is 15.8 Å². The molecule has 0 saturated carbocycles. The summed E-state index contributed by atoms with van der Waals surface area (Å²) in [6, 6.07) is 6.72. The lowest BCUT2D eigenvalue weighted by Crippen LogP contribution is -2.31. The Balaban J connectivity index is 1.97. The van der Waals surface area contributed by atoms with E-state index in [2.05, 4.69) is 9.97 Å². The first-order valence-electron chi connectivity index (χ1n) is 6.08. The van der Waals surface area contributed by atoms with Gasteiger partial charge in [0.15, 0.2) is 0 Å². The standard InChI is InChI=1S/C13H11N5O2S/c14-17-11(19)10-3-1-2-8(16-10)6-18-7-15-12-9(13(18)20)4-5-21-12/h1-5,7H,6,14H2,(H,17,19). The Morgan fingerprint density at radius 3 is 3.05 bits per heavy atom. The van der Waals surface area contributed by atoms with E-state index in [1.807, 2.05) is 10.8 Å². The van der Waals surface area contributed by atoms with E-state index in [9.17, 15) is 9.59 Å². The third-order valence-electron chi connectivity index (χ3n) is 2.95. The van der Waals surface area contributed by atoms with Gasteiger partial charge in [0.2, 0.25) is 0 Å². The molecule has 0 spiro atoms. The van der Waals surface area contributed by atoms with Crippen LogP contribution in [0.5, 0.6) is 0 Å². The van der Waals surface area contributed by atoms with Gasteiger partial charge in [0.05, 0.1) is 24.0 Å². The number of carbonyl (C=O) groups is 1. The van der Waals surface area contributed by atoms with Crippen LogP contribution in [0.2, 0.25) is 0 Å². The Bertz CT molecular complexity index is 870. The van der Waals surface area contributed by atoms with Gasteiger partial charge in [-0.3, -0.25) is 19.6 Å². The number of nitrogens with zero attached hydrogens (tertiary/aromatic N) is 3. The number of rotatable bonds is 3. The largest absolute Gasteiger partial charge is 0.293 e. The molecule has 0 atom stereocenters. The first kappa shape index (κ1) is 13.4. The number of hydrogen-bond donors (Lipinski definition) is 2. The van der Waals surface area contributed by atoms with Gasteiger partial charge >= 0.3 is 0 Å². The van der Waals surface area contributed by atoms with Crippen molar-refractivity contribution in [3.8, 4) is 0 Å². The van der Waals surface area contributed by atoms with Crippen LogP contribution in [-0.4, -0.2) is 20.4 Å². The van der Waals surface area contributed by atoms with Gasteiger partial charge in [0, 0.05) is 0 Å². The fourth-order valence-corrected chi connectivity index (χ4v) is 2.67. The molecule has 1 amide bonds. The monoisotopic (exact) mass is 301 g/mol. The molecule has 3 N–H and O–H groups in total. The van der Waals surface area contributed by atoms with Crippen molar-refractivity contribution in [3.05, 3.63) is 57.7 Å². The summed E-state index contributed by atoms with van der Waals surface area (Å²) in [4.78, 5) is 32.8. The highest BCUT2D eigenvalue weighted by molar-refractivity contribution is 7.16. The zero-order valence-electron chi connectivity index (χ0n) is 10.8. The lowest BCUT2D eigenvalue weighted by molar-refractivity contribution is 0.0948. The zero-order valence-corrected chi connectivity index (χ0v) is 11.6. The lowest BCUT2D eigenvalue weighted by Gasteiger charge is -2.06. The summed E-state index contributed by atoms with van der Waals surface area (Å²) in [5, 5.41) is 2.41. The number of nitrogens with two attached hydrogens (primary N) is 1. The molecule has 21 heavy (non-hydrogen) atoms. The number of hydrazine groups is 1. The highest BCUT2D eigenvalue weighted by Crippen LogP contribution is 2.13. The van der Waals surface area contributed by atoms with E-state index in [0.29, 0.717) is 15.9 Å². The molecular weight excluding hydrogens is 290 g/mol. The molecule has 0 bridgehead atoms. The molecular formula is C13H11N5O2S. The maximum atomic E-state index is 12.3. The minimum Gasteiger partial charge on any atom is -0.293 e. The van der Waals surface area contributed by atoms with E-state index in [1.54, 1.807) is 24.3 Å². The Hall–Kier alpha value is -2.58. The van der Waals surface area contributed by atoms with Crippen LogP contribution >= 0.6 is 11.3 Å². The highest BCUT2D eigenvalue weighted by Gasteiger charge is 2.09. The van der Waals surface area contributed by atoms with E-state index in [4.69, 9.17) is 5.84 Å². The number of aromatic nitrogens is 3. The fraction of sp³-hybridized carbons (Fsp3) is 0.0769. The Kier molecular flexibility index (Phi) is 3.46. The molecule has 3 rings (SSSR count). The summed E-state index contributed by atoms with van der Waals surface area (Å²) in [6.45, 7) is 0.239. The van der Waals surface area contributed by atoms with Gasteiger partial charge in [0.25, 0.3) is 11.5 Å². The van der Waals surface area contributed by atoms with Crippen molar-refractivity contribution >= 4 is 27.5 Å². The molecule has 0 unspecified atom stereocenters. The van der Waals surface area contributed by atoms with Crippen molar-refractivity contribution in [1.82, 2.24) is 20.0 Å². The van der Waals surface area contributed by atoms with Crippen LogP contribution < -0.4 is 16.8 Å². The predicted molar refractivity (Wildman–Crippen MR) is 78.9 cm³/mol. The molecule has 3 aromatic heterocycles. The number of thiophene rings is 1. The van der Waals surface area contributed by atoms with E-state index in [-0.39, 0.29) is 17.8 Å². The first-order valence-corrected chi connectivity index (χ1v) is 6.96. The second kappa shape index (κ2) is 5.43. The van der Waals surface area contributed by atoms with E-state index in [0.717, 1.165) is 0 Å². The molecule has 0 radical (unpaired) electrons. The molecule has 106 valence electrons. The molecule has 0 aliphatic rings. The minimum atomic E-state index is -0.476. The van der Waals surface area contributed by atoms with Crippen LogP contribution in [0.15, 0.2) is 40.8 Å². The van der Waals surface area contributed by atoms with Crippen molar-refractivity contribution in [2.75, 3.05) is 0 Å². The van der Waals surface area contributed by atoms with Gasteiger partial charge in [-0.05, 0) is 23.6 Å². The number of carbonyl (C=O) groups excluding carboxylic acids is 1. The number of amides is 1. The quantitative estimate of drug-likeness (QED) is 0.417. The molecule has 0 aliphatic carbocycles. The first-order chi connectivity index (χ1) is 10.2. The number of nitrogens with one attached hydrogen (secondary N) is 1. The maximum Gasteiger partial charge on any atom is 0.283 e. The average molecular weight is 301 g/mol. The summed E-state index contributed by atoms with van der Waals surface area (Å²) in [6.07, 6.45) is 1.48. The number of nitrogen functional groups attached to an aromatic ring is 1. The summed E-state index contributed by atoms with van der Waals surface area (Å²) < 4.78 is 1.46. The average Bonchev–Trinajstić information content (AvgIpc) is 2.99. The molecule has 3 heterocycles. The van der Waals surface area contributed by atoms with Gasteiger partial charge in [0.1, 0.15) is 10.5 Å². The summed E-state index contributed by atoms with van der Waals surface area (Å²) in [7, 11) is 0. The molecule has 0 saturated heterocycles. The minimum absolute atomic E-state index is 0.128. The summed E-state index contributed by atoms with van der Waals surface area (Å²) in [5.74, 6) is 4.60. The van der Waals surface area contributed by atoms with E-state index in [1.165, 1.54) is 22.2 Å². The number of pyridine rings is 1. The fourth-order valence-electron chi connectivity index (χ4n) is 1.95.